The van der Waals surface area contributed by atoms with Crippen LogP contribution in [0.4, 0.5) is 0 Å². The van der Waals surface area contributed by atoms with Crippen molar-refractivity contribution in [2.45, 2.75) is 13.1 Å². The molecule has 0 unspecified atom stereocenters. The molecule has 0 N–H and O–H groups in total. The van der Waals surface area contributed by atoms with Crippen molar-refractivity contribution in [3.63, 3.8) is 0 Å². The molecule has 4 heteroatoms. The summed E-state index contributed by atoms with van der Waals surface area (Å²) in [6.07, 6.45) is 0. The van der Waals surface area contributed by atoms with E-state index in [1.807, 2.05) is 41.3 Å². The van der Waals surface area contributed by atoms with Gasteiger partial charge < -0.3 is 0 Å². The van der Waals surface area contributed by atoms with Gasteiger partial charge in [0.25, 0.3) is 0 Å². The third-order valence-electron chi connectivity index (χ3n) is 2.77. The Balaban J connectivity index is 2.10. The Morgan fingerprint density at radius 2 is 1.32 bits per heavy atom. The number of benzene rings is 2. The first-order valence-electron chi connectivity index (χ1n) is 5.98. The second-order valence-corrected chi connectivity index (χ2v) is 4.92. The number of thiocarbonyl (C=S) groups is 1. The monoisotopic (exact) mass is 337 g/mol. The second-order valence-electron chi connectivity index (χ2n) is 4.18. The fourth-order valence-corrected chi connectivity index (χ4v) is 2.22. The van der Waals surface area contributed by atoms with Crippen LogP contribution in [0.1, 0.15) is 11.1 Å². The van der Waals surface area contributed by atoms with Crippen molar-refractivity contribution < 1.29 is 3.82 Å². The summed E-state index contributed by atoms with van der Waals surface area (Å²) < 4.78 is 5.15. The SMILES string of the molecule is S=C(O[SeH])N(Cc1ccccc1)Cc1ccccc1. The minimum atomic E-state index is 0.493. The van der Waals surface area contributed by atoms with Crippen molar-refractivity contribution in [1.82, 2.24) is 4.90 Å². The molecule has 0 aliphatic carbocycles. The Labute approximate surface area is 127 Å². The van der Waals surface area contributed by atoms with Gasteiger partial charge in [0.2, 0.25) is 0 Å². The maximum atomic E-state index is 5.26. The van der Waals surface area contributed by atoms with E-state index in [-0.39, 0.29) is 0 Å². The van der Waals surface area contributed by atoms with Crippen molar-refractivity contribution in [3.05, 3.63) is 71.8 Å². The van der Waals surface area contributed by atoms with Gasteiger partial charge in [0.15, 0.2) is 0 Å². The van der Waals surface area contributed by atoms with Crippen molar-refractivity contribution in [3.8, 4) is 0 Å². The van der Waals surface area contributed by atoms with Gasteiger partial charge in [0.1, 0.15) is 0 Å². The van der Waals surface area contributed by atoms with Crippen LogP contribution in [0.15, 0.2) is 60.7 Å². The predicted octanol–water partition coefficient (Wildman–Crippen LogP) is 2.81. The summed E-state index contributed by atoms with van der Waals surface area (Å²) in [6.45, 7) is 1.48. The Morgan fingerprint density at radius 3 is 1.68 bits per heavy atom. The Bertz CT molecular complexity index is 477. The average Bonchev–Trinajstić information content (AvgIpc) is 2.48. The van der Waals surface area contributed by atoms with E-state index >= 15 is 0 Å². The van der Waals surface area contributed by atoms with Gasteiger partial charge in [-0.2, -0.15) is 0 Å². The second kappa shape index (κ2) is 7.29. The third-order valence-corrected chi connectivity index (χ3v) is 3.74. The van der Waals surface area contributed by atoms with E-state index in [9.17, 15) is 0 Å². The summed E-state index contributed by atoms with van der Waals surface area (Å²) in [4.78, 5) is 2.04. The van der Waals surface area contributed by atoms with Crippen LogP contribution in [-0.4, -0.2) is 26.4 Å². The standard InChI is InChI=1S/C15H15NOSSe/c18-15(17-19)16(11-13-7-3-1-4-8-13)12-14-9-5-2-6-10-14/h1-10,19H,11-12H2. The van der Waals surface area contributed by atoms with Gasteiger partial charge in [-0.15, -0.1) is 0 Å². The van der Waals surface area contributed by atoms with Gasteiger partial charge in [-0.1, -0.05) is 0 Å². The van der Waals surface area contributed by atoms with Gasteiger partial charge in [-0.05, 0) is 0 Å². The molecule has 2 aromatic carbocycles. The molecule has 19 heavy (non-hydrogen) atoms. The normalized spacial score (nSPS) is 9.95. The molecule has 0 saturated heterocycles. The molecule has 0 saturated carbocycles. The van der Waals surface area contributed by atoms with E-state index in [0.29, 0.717) is 5.17 Å². The van der Waals surface area contributed by atoms with E-state index in [1.165, 1.54) is 11.1 Å². The first-order valence-corrected chi connectivity index (χ1v) is 7.15. The fraction of sp³-hybridized carbons (Fsp3) is 0.133. The molecule has 2 rings (SSSR count). The van der Waals surface area contributed by atoms with Crippen molar-refractivity contribution in [2.75, 3.05) is 0 Å². The molecule has 0 atom stereocenters. The molecule has 0 bridgehead atoms. The zero-order valence-electron chi connectivity index (χ0n) is 10.4. The Kier molecular flexibility index (Phi) is 5.40. The van der Waals surface area contributed by atoms with E-state index < -0.39 is 0 Å². The molecular formula is C15H15NOSSe. The van der Waals surface area contributed by atoms with E-state index in [0.717, 1.165) is 13.1 Å². The summed E-state index contributed by atoms with van der Waals surface area (Å²) in [5.74, 6) is 0. The van der Waals surface area contributed by atoms with Crippen molar-refractivity contribution in [2.24, 2.45) is 0 Å². The molecule has 98 valence electrons. The zero-order chi connectivity index (χ0) is 13.5. The third kappa shape index (κ3) is 4.35. The van der Waals surface area contributed by atoms with E-state index in [1.54, 1.807) is 0 Å². The number of hydrogen-bond donors (Lipinski definition) is 0. The van der Waals surface area contributed by atoms with E-state index in [2.05, 4.69) is 40.6 Å². The molecule has 0 fully saturated rings. The maximum absolute atomic E-state index is 5.26. The summed E-state index contributed by atoms with van der Waals surface area (Å²) in [5, 5.41) is 0.493. The number of rotatable bonds is 4. The first-order chi connectivity index (χ1) is 9.29. The van der Waals surface area contributed by atoms with Crippen LogP contribution in [0.2, 0.25) is 0 Å². The molecule has 0 heterocycles. The van der Waals surface area contributed by atoms with Crippen molar-refractivity contribution in [1.29, 1.82) is 0 Å². The van der Waals surface area contributed by atoms with Gasteiger partial charge in [-0.3, -0.25) is 0 Å². The van der Waals surface area contributed by atoms with Crippen LogP contribution < -0.4 is 0 Å². The van der Waals surface area contributed by atoms with Crippen LogP contribution >= 0.6 is 12.2 Å². The summed E-state index contributed by atoms with van der Waals surface area (Å²) in [6, 6.07) is 20.5. The molecule has 0 spiro atoms. The Hall–Kier alpha value is -1.35. The van der Waals surface area contributed by atoms with Crippen LogP contribution in [0.25, 0.3) is 0 Å². The van der Waals surface area contributed by atoms with Crippen LogP contribution in [-0.2, 0) is 16.9 Å². The molecule has 0 aliphatic heterocycles. The van der Waals surface area contributed by atoms with Crippen LogP contribution in [0.3, 0.4) is 0 Å². The molecule has 0 aromatic heterocycles. The molecule has 0 amide bonds. The molecular weight excluding hydrogens is 321 g/mol. The topological polar surface area (TPSA) is 12.5 Å². The summed E-state index contributed by atoms with van der Waals surface area (Å²) in [7, 11) is 0. The summed E-state index contributed by atoms with van der Waals surface area (Å²) >= 11 is 7.33. The molecule has 2 aromatic rings. The first kappa shape index (κ1) is 14.1. The molecule has 0 aliphatic rings. The van der Waals surface area contributed by atoms with Gasteiger partial charge in [-0.25, -0.2) is 0 Å². The quantitative estimate of drug-likeness (QED) is 0.629. The minimum absolute atomic E-state index is 0.493. The number of nitrogens with zero attached hydrogens (tertiary/aromatic N) is 1. The summed E-state index contributed by atoms with van der Waals surface area (Å²) in [5.41, 5.74) is 2.43. The van der Waals surface area contributed by atoms with Gasteiger partial charge in [0, 0.05) is 0 Å². The Morgan fingerprint density at radius 1 is 0.895 bits per heavy atom. The van der Waals surface area contributed by atoms with Crippen LogP contribution in [0, 0.1) is 0 Å². The van der Waals surface area contributed by atoms with Crippen LogP contribution in [0.5, 0.6) is 0 Å². The number of hydrogen-bond acceptors (Lipinski definition) is 2. The predicted molar refractivity (Wildman–Crippen MR) is 83.0 cm³/mol. The fourth-order valence-electron chi connectivity index (χ4n) is 1.85. The van der Waals surface area contributed by atoms with E-state index in [4.69, 9.17) is 16.0 Å². The molecule has 2 nitrogen and oxygen atoms in total. The van der Waals surface area contributed by atoms with Gasteiger partial charge in [0.05, 0.1) is 0 Å². The van der Waals surface area contributed by atoms with Crippen molar-refractivity contribution >= 4 is 33.7 Å². The zero-order valence-corrected chi connectivity index (χ0v) is 13.1. The van der Waals surface area contributed by atoms with Gasteiger partial charge >= 0.3 is 127 Å². The molecule has 0 radical (unpaired) electrons. The average molecular weight is 336 g/mol.